The van der Waals surface area contributed by atoms with Gasteiger partial charge in [0.05, 0.1) is 23.1 Å². The van der Waals surface area contributed by atoms with Crippen molar-refractivity contribution in [2.75, 3.05) is 10.2 Å². The third-order valence-electron chi connectivity index (χ3n) is 6.95. The summed E-state index contributed by atoms with van der Waals surface area (Å²) in [6.07, 6.45) is 1.76. The third-order valence-corrected chi connectivity index (χ3v) is 7.18. The number of amidine groups is 2. The number of pyridine rings is 1. The second kappa shape index (κ2) is 9.22. The Kier molecular flexibility index (Phi) is 5.52. The normalized spacial score (nSPS) is 15.6. The molecule has 8 heteroatoms. The van der Waals surface area contributed by atoms with E-state index in [0.717, 1.165) is 45.3 Å². The molecule has 7 nitrogen and oxygen atoms in total. The summed E-state index contributed by atoms with van der Waals surface area (Å²) in [5, 5.41) is 9.14. The van der Waals surface area contributed by atoms with Crippen molar-refractivity contribution in [2.45, 2.75) is 19.9 Å². The number of nitrogens with zero attached hydrogens (tertiary/aromatic N) is 6. The van der Waals surface area contributed by atoms with E-state index in [9.17, 15) is 0 Å². The van der Waals surface area contributed by atoms with Crippen molar-refractivity contribution in [3.63, 3.8) is 0 Å². The van der Waals surface area contributed by atoms with E-state index in [4.69, 9.17) is 26.7 Å². The highest BCUT2D eigenvalue weighted by Crippen LogP contribution is 2.48. The molecule has 0 fully saturated rings. The van der Waals surface area contributed by atoms with Gasteiger partial charge >= 0.3 is 0 Å². The number of rotatable bonds is 3. The number of anilines is 2. The Labute approximate surface area is 231 Å². The molecule has 1 atom stereocenters. The van der Waals surface area contributed by atoms with Crippen LogP contribution in [-0.2, 0) is 0 Å². The number of aliphatic imine (C=N–C) groups is 2. The lowest BCUT2D eigenvalue weighted by Crippen LogP contribution is -2.46. The van der Waals surface area contributed by atoms with E-state index in [0.29, 0.717) is 22.5 Å². The van der Waals surface area contributed by atoms with Crippen molar-refractivity contribution >= 4 is 46.2 Å². The van der Waals surface area contributed by atoms with Gasteiger partial charge in [0, 0.05) is 22.5 Å². The molecule has 0 radical (unpaired) electrons. The second-order valence-electron chi connectivity index (χ2n) is 9.63. The van der Waals surface area contributed by atoms with Gasteiger partial charge in [0.15, 0.2) is 23.3 Å². The zero-order chi connectivity index (χ0) is 26.5. The molecular formula is C31H24ClN7. The summed E-state index contributed by atoms with van der Waals surface area (Å²) < 4.78 is 1.82. The van der Waals surface area contributed by atoms with Crippen LogP contribution in [0.1, 0.15) is 28.4 Å². The molecule has 2 aliphatic rings. The molecule has 190 valence electrons. The van der Waals surface area contributed by atoms with Crippen LogP contribution in [0.25, 0.3) is 5.82 Å². The van der Waals surface area contributed by atoms with Crippen molar-refractivity contribution in [3.05, 3.63) is 125 Å². The number of fused-ring (bicyclic) bond motifs is 4. The first-order valence-corrected chi connectivity index (χ1v) is 13.1. The first-order valence-electron chi connectivity index (χ1n) is 12.7. The Morgan fingerprint density at radius 3 is 2.51 bits per heavy atom. The molecular weight excluding hydrogens is 506 g/mol. The van der Waals surface area contributed by atoms with Crippen molar-refractivity contribution in [1.82, 2.24) is 14.8 Å². The Morgan fingerprint density at radius 2 is 1.69 bits per heavy atom. The topological polar surface area (TPSA) is 70.7 Å². The minimum Gasteiger partial charge on any atom is -0.337 e. The maximum Gasteiger partial charge on any atom is 0.179 e. The minimum absolute atomic E-state index is 0.241. The first kappa shape index (κ1) is 23.4. The van der Waals surface area contributed by atoms with Crippen LogP contribution in [0.2, 0.25) is 5.02 Å². The number of hydrogen-bond donors (Lipinski definition) is 1. The van der Waals surface area contributed by atoms with Crippen molar-refractivity contribution in [2.24, 2.45) is 9.98 Å². The maximum atomic E-state index is 6.54. The average Bonchev–Trinajstić information content (AvgIpc) is 3.28. The van der Waals surface area contributed by atoms with Crippen molar-refractivity contribution < 1.29 is 0 Å². The molecule has 5 aromatic rings. The lowest BCUT2D eigenvalue weighted by atomic mass is 9.93. The Hall–Kier alpha value is -4.75. The van der Waals surface area contributed by atoms with Crippen LogP contribution >= 0.6 is 11.6 Å². The highest BCUT2D eigenvalue weighted by Gasteiger charge is 2.41. The summed E-state index contributed by atoms with van der Waals surface area (Å²) in [6.45, 7) is 4.09. The molecule has 0 bridgehead atoms. The lowest BCUT2D eigenvalue weighted by molar-refractivity contribution is 0.810. The third kappa shape index (κ3) is 3.99. The van der Waals surface area contributed by atoms with E-state index in [1.54, 1.807) is 6.20 Å². The van der Waals surface area contributed by atoms with Gasteiger partial charge in [-0.2, -0.15) is 9.78 Å². The van der Waals surface area contributed by atoms with Crippen LogP contribution in [0.4, 0.5) is 22.9 Å². The summed E-state index contributed by atoms with van der Waals surface area (Å²) in [6, 6.07) is 29.9. The van der Waals surface area contributed by atoms with Gasteiger partial charge < -0.3 is 10.2 Å². The van der Waals surface area contributed by atoms with Crippen LogP contribution < -0.4 is 10.2 Å². The van der Waals surface area contributed by atoms with Crippen LogP contribution in [0, 0.1) is 13.8 Å². The largest absolute Gasteiger partial charge is 0.337 e. The highest BCUT2D eigenvalue weighted by atomic mass is 35.5. The quantitative estimate of drug-likeness (QED) is 0.265. The fourth-order valence-corrected chi connectivity index (χ4v) is 5.49. The summed E-state index contributed by atoms with van der Waals surface area (Å²) in [5.41, 5.74) is 6.82. The molecule has 1 unspecified atom stereocenters. The molecule has 0 amide bonds. The van der Waals surface area contributed by atoms with E-state index >= 15 is 0 Å². The predicted molar refractivity (Wildman–Crippen MR) is 157 cm³/mol. The standard InChI is InChI=1S/C31H24ClN7/c1-19-9-7-12-23(17-19)34-29-31-36-30-27(20(2)37-39(30)26-15-5-6-16-33-26)28(21-10-8-11-22(32)18-21)38(31)25-14-4-3-13-24(25)35-29/h3-18,28H,1-2H3,(H,34,35). The number of benzene rings is 3. The predicted octanol–water partition coefficient (Wildman–Crippen LogP) is 7.33. The summed E-state index contributed by atoms with van der Waals surface area (Å²) >= 11 is 6.54. The molecule has 3 aromatic carbocycles. The Morgan fingerprint density at radius 1 is 0.846 bits per heavy atom. The maximum absolute atomic E-state index is 6.54. The number of halogens is 1. The molecule has 0 aliphatic carbocycles. The monoisotopic (exact) mass is 529 g/mol. The van der Waals surface area contributed by atoms with Gasteiger partial charge in [-0.05, 0) is 73.5 Å². The minimum atomic E-state index is -0.241. The van der Waals surface area contributed by atoms with Gasteiger partial charge in [-0.3, -0.25) is 0 Å². The zero-order valence-electron chi connectivity index (χ0n) is 21.4. The highest BCUT2D eigenvalue weighted by molar-refractivity contribution is 6.51. The number of para-hydroxylation sites is 2. The van der Waals surface area contributed by atoms with Crippen LogP contribution in [0.5, 0.6) is 0 Å². The molecule has 39 heavy (non-hydrogen) atoms. The summed E-state index contributed by atoms with van der Waals surface area (Å²) in [7, 11) is 0. The SMILES string of the molecule is Cc1cccc(NC2=Nc3ccccc3N3C2=Nc2c(c(C)nn2-c2ccccn2)C3c2cccc(Cl)c2)c1. The van der Waals surface area contributed by atoms with E-state index in [1.165, 1.54) is 0 Å². The molecule has 2 aliphatic heterocycles. The van der Waals surface area contributed by atoms with Gasteiger partial charge in [0.25, 0.3) is 0 Å². The molecule has 2 aromatic heterocycles. The zero-order valence-corrected chi connectivity index (χ0v) is 22.1. The van der Waals surface area contributed by atoms with E-state index < -0.39 is 0 Å². The van der Waals surface area contributed by atoms with E-state index in [2.05, 4.69) is 46.4 Å². The van der Waals surface area contributed by atoms with Gasteiger partial charge in [-0.1, -0.05) is 54.1 Å². The van der Waals surface area contributed by atoms with Crippen molar-refractivity contribution in [3.8, 4) is 5.82 Å². The van der Waals surface area contributed by atoms with E-state index in [1.807, 2.05) is 78.3 Å². The van der Waals surface area contributed by atoms with Gasteiger partial charge in [0.1, 0.15) is 0 Å². The summed E-state index contributed by atoms with van der Waals surface area (Å²) in [4.78, 5) is 17.1. The van der Waals surface area contributed by atoms with Crippen molar-refractivity contribution in [1.29, 1.82) is 0 Å². The fraction of sp³-hybridized carbons (Fsp3) is 0.0968. The van der Waals surface area contributed by atoms with Gasteiger partial charge in [0.2, 0.25) is 0 Å². The first-order chi connectivity index (χ1) is 19.1. The average molecular weight is 530 g/mol. The summed E-state index contributed by atoms with van der Waals surface area (Å²) in [5.74, 6) is 2.78. The molecule has 7 rings (SSSR count). The number of nitrogens with one attached hydrogen (secondary N) is 1. The Bertz CT molecular complexity index is 1790. The number of hydrogen-bond acceptors (Lipinski definition) is 6. The molecule has 1 N–H and O–H groups in total. The van der Waals surface area contributed by atoms with Gasteiger partial charge in [-0.25, -0.2) is 15.0 Å². The molecule has 0 spiro atoms. The van der Waals surface area contributed by atoms with Gasteiger partial charge in [-0.15, -0.1) is 0 Å². The number of aryl methyl sites for hydroxylation is 2. The smallest absolute Gasteiger partial charge is 0.179 e. The molecule has 0 saturated carbocycles. The van der Waals surface area contributed by atoms with Crippen LogP contribution in [0.15, 0.2) is 107 Å². The fourth-order valence-electron chi connectivity index (χ4n) is 5.29. The van der Waals surface area contributed by atoms with E-state index in [-0.39, 0.29) is 6.04 Å². The second-order valence-corrected chi connectivity index (χ2v) is 10.1. The molecule has 4 heterocycles. The Balaban J connectivity index is 1.51. The molecule has 0 saturated heterocycles. The number of aromatic nitrogens is 3. The lowest BCUT2D eigenvalue weighted by Gasteiger charge is -2.40. The van der Waals surface area contributed by atoms with Crippen LogP contribution in [-0.4, -0.2) is 26.4 Å². The van der Waals surface area contributed by atoms with Crippen LogP contribution in [0.3, 0.4) is 0 Å².